The SMILES string of the molecule is CC(C)[C@H]1CC[C@H](C)C[C@@H]1OC(=O)c1ccc(C2CCCCC2=O)cc1. The Morgan fingerprint density at radius 3 is 2.46 bits per heavy atom. The third kappa shape index (κ3) is 4.36. The zero-order chi connectivity index (χ0) is 18.7. The molecule has 0 heterocycles. The van der Waals surface area contributed by atoms with Gasteiger partial charge < -0.3 is 4.74 Å². The normalized spacial score (nSPS) is 29.6. The van der Waals surface area contributed by atoms with Gasteiger partial charge in [0, 0.05) is 12.3 Å². The summed E-state index contributed by atoms with van der Waals surface area (Å²) < 4.78 is 5.92. The van der Waals surface area contributed by atoms with Crippen LogP contribution in [0, 0.1) is 17.8 Å². The van der Waals surface area contributed by atoms with Crippen LogP contribution in [0.3, 0.4) is 0 Å². The van der Waals surface area contributed by atoms with Crippen LogP contribution < -0.4 is 0 Å². The number of ketones is 1. The monoisotopic (exact) mass is 356 g/mol. The summed E-state index contributed by atoms with van der Waals surface area (Å²) in [5, 5.41) is 0. The Kier molecular flexibility index (Phi) is 6.16. The summed E-state index contributed by atoms with van der Waals surface area (Å²) in [4.78, 5) is 24.8. The lowest BCUT2D eigenvalue weighted by molar-refractivity contribution is -0.121. The minimum absolute atomic E-state index is 0.0123. The lowest BCUT2D eigenvalue weighted by atomic mass is 9.75. The standard InChI is InChI=1S/C23H32O3/c1-15(2)19-13-8-16(3)14-22(19)26-23(25)18-11-9-17(10-12-18)20-6-4-5-7-21(20)24/h9-12,15-16,19-20,22H,4-8,13-14H2,1-3H3/t16-,19+,20?,22-/m0/s1. The van der Waals surface area contributed by atoms with Gasteiger partial charge in [-0.15, -0.1) is 0 Å². The van der Waals surface area contributed by atoms with Gasteiger partial charge in [0.25, 0.3) is 0 Å². The van der Waals surface area contributed by atoms with Crippen molar-refractivity contribution >= 4 is 11.8 Å². The summed E-state index contributed by atoms with van der Waals surface area (Å²) in [5.74, 6) is 1.72. The van der Waals surface area contributed by atoms with E-state index in [9.17, 15) is 9.59 Å². The van der Waals surface area contributed by atoms with E-state index in [4.69, 9.17) is 4.74 Å². The van der Waals surface area contributed by atoms with Gasteiger partial charge in [-0.05, 0) is 61.1 Å². The molecule has 0 N–H and O–H groups in total. The molecular weight excluding hydrogens is 324 g/mol. The Bertz CT molecular complexity index is 631. The second kappa shape index (κ2) is 8.37. The summed E-state index contributed by atoms with van der Waals surface area (Å²) in [6.07, 6.45) is 7.08. The second-order valence-corrected chi connectivity index (χ2v) is 8.66. The van der Waals surface area contributed by atoms with Gasteiger partial charge in [-0.3, -0.25) is 4.79 Å². The molecule has 2 saturated carbocycles. The minimum Gasteiger partial charge on any atom is -0.458 e. The molecule has 2 fully saturated rings. The lowest BCUT2D eigenvalue weighted by Crippen LogP contribution is -2.35. The number of rotatable bonds is 4. The van der Waals surface area contributed by atoms with Crippen LogP contribution in [0.25, 0.3) is 0 Å². The zero-order valence-corrected chi connectivity index (χ0v) is 16.4. The smallest absolute Gasteiger partial charge is 0.338 e. The van der Waals surface area contributed by atoms with Crippen LogP contribution in [-0.2, 0) is 9.53 Å². The maximum absolute atomic E-state index is 12.7. The maximum atomic E-state index is 12.7. The Morgan fingerprint density at radius 1 is 1.08 bits per heavy atom. The third-order valence-corrected chi connectivity index (χ3v) is 6.32. The zero-order valence-electron chi connectivity index (χ0n) is 16.4. The van der Waals surface area contributed by atoms with Gasteiger partial charge >= 0.3 is 5.97 Å². The van der Waals surface area contributed by atoms with Crippen molar-refractivity contribution in [2.24, 2.45) is 17.8 Å². The van der Waals surface area contributed by atoms with Gasteiger partial charge in [-0.2, -0.15) is 0 Å². The van der Waals surface area contributed by atoms with E-state index in [2.05, 4.69) is 20.8 Å². The number of ether oxygens (including phenoxy) is 1. The Morgan fingerprint density at radius 2 is 1.81 bits per heavy atom. The van der Waals surface area contributed by atoms with Crippen LogP contribution in [0.15, 0.2) is 24.3 Å². The molecule has 0 spiro atoms. The molecule has 0 aliphatic heterocycles. The highest BCUT2D eigenvalue weighted by Gasteiger charge is 2.33. The first kappa shape index (κ1) is 19.1. The van der Waals surface area contributed by atoms with Gasteiger partial charge in [0.2, 0.25) is 0 Å². The molecule has 142 valence electrons. The van der Waals surface area contributed by atoms with Crippen LogP contribution in [0.2, 0.25) is 0 Å². The number of esters is 1. The van der Waals surface area contributed by atoms with Crippen LogP contribution in [0.1, 0.15) is 87.6 Å². The molecule has 0 radical (unpaired) electrons. The molecule has 1 unspecified atom stereocenters. The van der Waals surface area contributed by atoms with Gasteiger partial charge in [-0.25, -0.2) is 4.79 Å². The molecule has 0 saturated heterocycles. The fraction of sp³-hybridized carbons (Fsp3) is 0.652. The number of hydrogen-bond donors (Lipinski definition) is 0. The fourth-order valence-electron chi connectivity index (χ4n) is 4.64. The number of hydrogen-bond acceptors (Lipinski definition) is 3. The second-order valence-electron chi connectivity index (χ2n) is 8.66. The Balaban J connectivity index is 1.66. The Labute approximate surface area is 157 Å². The molecule has 0 aromatic heterocycles. The van der Waals surface area contributed by atoms with Crippen molar-refractivity contribution in [1.82, 2.24) is 0 Å². The average Bonchev–Trinajstić information content (AvgIpc) is 2.62. The van der Waals surface area contributed by atoms with E-state index < -0.39 is 0 Å². The molecule has 4 atom stereocenters. The first-order valence-electron chi connectivity index (χ1n) is 10.3. The van der Waals surface area contributed by atoms with E-state index >= 15 is 0 Å². The third-order valence-electron chi connectivity index (χ3n) is 6.32. The molecular formula is C23H32O3. The summed E-state index contributed by atoms with van der Waals surface area (Å²) in [6.45, 7) is 6.68. The van der Waals surface area contributed by atoms with E-state index in [0.29, 0.717) is 35.5 Å². The van der Waals surface area contributed by atoms with Gasteiger partial charge in [-0.1, -0.05) is 45.7 Å². The first-order valence-corrected chi connectivity index (χ1v) is 10.3. The minimum atomic E-state index is -0.226. The Hall–Kier alpha value is -1.64. The molecule has 2 aliphatic rings. The van der Waals surface area contributed by atoms with E-state index in [0.717, 1.165) is 37.7 Å². The van der Waals surface area contributed by atoms with Crippen molar-refractivity contribution in [2.75, 3.05) is 0 Å². The summed E-state index contributed by atoms with van der Waals surface area (Å²) in [5.41, 5.74) is 1.63. The quantitative estimate of drug-likeness (QED) is 0.666. The number of Topliss-reactive ketones (excluding diaryl/α,β-unsaturated/α-hetero) is 1. The van der Waals surface area contributed by atoms with Crippen LogP contribution >= 0.6 is 0 Å². The number of carbonyl (C=O) groups excluding carboxylic acids is 2. The number of carbonyl (C=O) groups is 2. The van der Waals surface area contributed by atoms with E-state index in [1.165, 1.54) is 6.42 Å². The summed E-state index contributed by atoms with van der Waals surface area (Å²) in [7, 11) is 0. The van der Waals surface area contributed by atoms with Crippen molar-refractivity contribution in [3.05, 3.63) is 35.4 Å². The van der Waals surface area contributed by atoms with E-state index in [1.54, 1.807) is 0 Å². The fourth-order valence-corrected chi connectivity index (χ4v) is 4.64. The molecule has 3 nitrogen and oxygen atoms in total. The van der Waals surface area contributed by atoms with Crippen molar-refractivity contribution in [3.8, 4) is 0 Å². The number of benzene rings is 1. The van der Waals surface area contributed by atoms with Crippen molar-refractivity contribution in [3.63, 3.8) is 0 Å². The van der Waals surface area contributed by atoms with E-state index in [1.807, 2.05) is 24.3 Å². The average molecular weight is 357 g/mol. The molecule has 3 heteroatoms. The first-order chi connectivity index (χ1) is 12.5. The predicted molar refractivity (Wildman–Crippen MR) is 103 cm³/mol. The highest BCUT2D eigenvalue weighted by Crippen LogP contribution is 2.36. The molecule has 1 aromatic carbocycles. The highest BCUT2D eigenvalue weighted by molar-refractivity contribution is 5.90. The largest absolute Gasteiger partial charge is 0.458 e. The summed E-state index contributed by atoms with van der Waals surface area (Å²) >= 11 is 0. The van der Waals surface area contributed by atoms with Crippen molar-refractivity contribution < 1.29 is 14.3 Å². The van der Waals surface area contributed by atoms with Crippen LogP contribution in [0.4, 0.5) is 0 Å². The summed E-state index contributed by atoms with van der Waals surface area (Å²) in [6, 6.07) is 7.54. The molecule has 2 aliphatic carbocycles. The van der Waals surface area contributed by atoms with Gasteiger partial charge in [0.15, 0.2) is 0 Å². The van der Waals surface area contributed by atoms with Gasteiger partial charge in [0.1, 0.15) is 11.9 Å². The molecule has 0 bridgehead atoms. The van der Waals surface area contributed by atoms with Crippen molar-refractivity contribution in [1.29, 1.82) is 0 Å². The lowest BCUT2D eigenvalue weighted by Gasteiger charge is -2.36. The molecule has 26 heavy (non-hydrogen) atoms. The predicted octanol–water partition coefficient (Wildman–Crippen LogP) is 5.53. The maximum Gasteiger partial charge on any atom is 0.338 e. The molecule has 0 amide bonds. The highest BCUT2D eigenvalue weighted by atomic mass is 16.5. The molecule has 1 aromatic rings. The van der Waals surface area contributed by atoms with Crippen LogP contribution in [-0.4, -0.2) is 17.9 Å². The topological polar surface area (TPSA) is 43.4 Å². The van der Waals surface area contributed by atoms with Crippen LogP contribution in [0.5, 0.6) is 0 Å². The van der Waals surface area contributed by atoms with Gasteiger partial charge in [0.05, 0.1) is 5.56 Å². The van der Waals surface area contributed by atoms with Crippen molar-refractivity contribution in [2.45, 2.75) is 77.7 Å². The van der Waals surface area contributed by atoms with E-state index in [-0.39, 0.29) is 18.0 Å². The molecule has 3 rings (SSSR count).